The third kappa shape index (κ3) is 3.27. The van der Waals surface area contributed by atoms with Gasteiger partial charge >= 0.3 is 0 Å². The number of benzene rings is 1. The van der Waals surface area contributed by atoms with Crippen molar-refractivity contribution in [3.8, 4) is 5.75 Å². The van der Waals surface area contributed by atoms with Gasteiger partial charge in [0.1, 0.15) is 17.1 Å². The number of sulfonamides is 1. The molecular formula is C20H24N4O3S. The van der Waals surface area contributed by atoms with Gasteiger partial charge in [-0.05, 0) is 49.2 Å². The zero-order chi connectivity index (χ0) is 19.7. The largest absolute Gasteiger partial charge is 0.497 e. The Morgan fingerprint density at radius 2 is 2.00 bits per heavy atom. The Morgan fingerprint density at radius 1 is 1.21 bits per heavy atom. The van der Waals surface area contributed by atoms with E-state index < -0.39 is 10.0 Å². The molecule has 0 unspecified atom stereocenters. The van der Waals surface area contributed by atoms with Crippen LogP contribution in [0.4, 0.5) is 0 Å². The van der Waals surface area contributed by atoms with Gasteiger partial charge < -0.3 is 9.30 Å². The molecule has 8 heteroatoms. The Hall–Kier alpha value is -2.45. The van der Waals surface area contributed by atoms with Crippen molar-refractivity contribution >= 4 is 21.2 Å². The molecule has 0 aliphatic carbocycles. The second-order valence-corrected chi connectivity index (χ2v) is 8.91. The fourth-order valence-electron chi connectivity index (χ4n) is 3.80. The van der Waals surface area contributed by atoms with E-state index in [4.69, 9.17) is 9.72 Å². The second kappa shape index (κ2) is 7.52. The molecule has 0 bridgehead atoms. The first-order chi connectivity index (χ1) is 13.5. The van der Waals surface area contributed by atoms with Gasteiger partial charge in [0.05, 0.1) is 18.0 Å². The number of fused-ring (bicyclic) bond motifs is 1. The molecule has 1 fully saturated rings. The van der Waals surface area contributed by atoms with Gasteiger partial charge in [0.15, 0.2) is 5.65 Å². The normalized spacial score (nSPS) is 18.0. The maximum atomic E-state index is 13.1. The molecule has 0 radical (unpaired) electrons. The van der Waals surface area contributed by atoms with Crippen molar-refractivity contribution in [1.29, 1.82) is 0 Å². The van der Waals surface area contributed by atoms with E-state index in [1.807, 2.05) is 12.1 Å². The molecule has 1 aliphatic heterocycles. The van der Waals surface area contributed by atoms with Crippen LogP contribution in [0.25, 0.3) is 11.2 Å². The molecule has 1 aromatic carbocycles. The summed E-state index contributed by atoms with van der Waals surface area (Å²) in [4.78, 5) is 9.53. The summed E-state index contributed by atoms with van der Waals surface area (Å²) >= 11 is 0. The molecule has 1 saturated heterocycles. The molecule has 0 spiro atoms. The lowest BCUT2D eigenvalue weighted by Crippen LogP contribution is -2.29. The molecular weight excluding hydrogens is 376 g/mol. The van der Waals surface area contributed by atoms with Crippen LogP contribution < -0.4 is 4.74 Å². The molecule has 4 rings (SSSR count). The molecule has 3 aromatic rings. The number of hydrogen-bond donors (Lipinski definition) is 0. The molecule has 1 atom stereocenters. The van der Waals surface area contributed by atoms with Gasteiger partial charge in [-0.25, -0.2) is 18.4 Å². The molecule has 28 heavy (non-hydrogen) atoms. The Kier molecular flexibility index (Phi) is 5.07. The number of imidazole rings is 1. The van der Waals surface area contributed by atoms with Crippen LogP contribution in [0.2, 0.25) is 0 Å². The highest BCUT2D eigenvalue weighted by Crippen LogP contribution is 2.31. The van der Waals surface area contributed by atoms with Crippen molar-refractivity contribution in [3.05, 3.63) is 48.4 Å². The number of nitrogens with zero attached hydrogens (tertiary/aromatic N) is 4. The lowest BCUT2D eigenvalue weighted by atomic mass is 10.2. The summed E-state index contributed by atoms with van der Waals surface area (Å²) in [5.74, 6) is 1.61. The van der Waals surface area contributed by atoms with E-state index in [1.54, 1.807) is 41.9 Å². The van der Waals surface area contributed by atoms with Crippen LogP contribution in [0, 0.1) is 0 Å². The van der Waals surface area contributed by atoms with Crippen molar-refractivity contribution < 1.29 is 13.2 Å². The van der Waals surface area contributed by atoms with Gasteiger partial charge in [-0.1, -0.05) is 6.92 Å². The maximum Gasteiger partial charge on any atom is 0.243 e. The van der Waals surface area contributed by atoms with E-state index in [-0.39, 0.29) is 10.9 Å². The number of pyridine rings is 1. The van der Waals surface area contributed by atoms with E-state index in [1.165, 1.54) is 0 Å². The van der Waals surface area contributed by atoms with E-state index >= 15 is 0 Å². The lowest BCUT2D eigenvalue weighted by Gasteiger charge is -2.19. The Labute approximate surface area is 165 Å². The first kappa shape index (κ1) is 18.9. The quantitative estimate of drug-likeness (QED) is 0.636. The monoisotopic (exact) mass is 400 g/mol. The fraction of sp³-hybridized carbons (Fsp3) is 0.400. The predicted molar refractivity (Wildman–Crippen MR) is 107 cm³/mol. The molecule has 0 saturated carbocycles. The SMILES string of the molecule is CCCc1nc2cccnc2n1[C@H]1CCN(S(=O)(=O)c2ccc(OC)cc2)C1. The minimum absolute atomic E-state index is 0.0365. The number of aryl methyl sites for hydroxylation is 1. The Balaban J connectivity index is 1.63. The summed E-state index contributed by atoms with van der Waals surface area (Å²) in [5, 5.41) is 0. The van der Waals surface area contributed by atoms with Crippen LogP contribution in [-0.2, 0) is 16.4 Å². The maximum absolute atomic E-state index is 13.1. The summed E-state index contributed by atoms with van der Waals surface area (Å²) in [6.07, 6.45) is 4.33. The van der Waals surface area contributed by atoms with Crippen molar-refractivity contribution in [3.63, 3.8) is 0 Å². The van der Waals surface area contributed by atoms with E-state index in [9.17, 15) is 8.42 Å². The second-order valence-electron chi connectivity index (χ2n) is 6.98. The van der Waals surface area contributed by atoms with E-state index in [0.29, 0.717) is 18.8 Å². The molecule has 0 N–H and O–H groups in total. The highest BCUT2D eigenvalue weighted by molar-refractivity contribution is 7.89. The third-order valence-electron chi connectivity index (χ3n) is 5.18. The van der Waals surface area contributed by atoms with Crippen LogP contribution in [0.15, 0.2) is 47.5 Å². The number of aromatic nitrogens is 3. The standard InChI is InChI=1S/C20H24N4O3S/c1-3-5-19-22-18-6-4-12-21-20(18)24(19)15-11-13-23(14-15)28(25,26)17-9-7-16(27-2)8-10-17/h4,6-10,12,15H,3,5,11,13-14H2,1-2H3/t15-/m0/s1. The average Bonchev–Trinajstić information content (AvgIpc) is 3.33. The van der Waals surface area contributed by atoms with Gasteiger partial charge in [0.25, 0.3) is 0 Å². The summed E-state index contributed by atoms with van der Waals surface area (Å²) in [6.45, 7) is 3.02. The number of rotatable bonds is 6. The van der Waals surface area contributed by atoms with Gasteiger partial charge in [-0.15, -0.1) is 0 Å². The number of ether oxygens (including phenoxy) is 1. The van der Waals surface area contributed by atoms with Crippen LogP contribution in [0.5, 0.6) is 5.75 Å². The third-order valence-corrected chi connectivity index (χ3v) is 7.06. The Morgan fingerprint density at radius 3 is 2.71 bits per heavy atom. The summed E-state index contributed by atoms with van der Waals surface area (Å²) in [7, 11) is -1.98. The minimum atomic E-state index is -3.54. The van der Waals surface area contributed by atoms with Crippen LogP contribution in [0.3, 0.4) is 0 Å². The zero-order valence-corrected chi connectivity index (χ0v) is 16.9. The molecule has 1 aliphatic rings. The fourth-order valence-corrected chi connectivity index (χ4v) is 5.29. The van der Waals surface area contributed by atoms with Crippen molar-refractivity contribution in [2.24, 2.45) is 0 Å². The van der Waals surface area contributed by atoms with Crippen LogP contribution in [-0.4, -0.2) is 47.5 Å². The van der Waals surface area contributed by atoms with E-state index in [0.717, 1.165) is 36.3 Å². The van der Waals surface area contributed by atoms with Gasteiger partial charge in [-0.3, -0.25) is 0 Å². The van der Waals surface area contributed by atoms with Crippen molar-refractivity contribution in [2.75, 3.05) is 20.2 Å². The van der Waals surface area contributed by atoms with Crippen LogP contribution in [0.1, 0.15) is 31.6 Å². The first-order valence-corrected chi connectivity index (χ1v) is 10.9. The first-order valence-electron chi connectivity index (χ1n) is 9.50. The van der Waals surface area contributed by atoms with Crippen molar-refractivity contribution in [1.82, 2.24) is 18.8 Å². The summed E-state index contributed by atoms with van der Waals surface area (Å²) in [6, 6.07) is 10.4. The summed E-state index contributed by atoms with van der Waals surface area (Å²) < 4.78 is 35.0. The van der Waals surface area contributed by atoms with Gasteiger partial charge in [0, 0.05) is 25.7 Å². The highest BCUT2D eigenvalue weighted by Gasteiger charge is 2.35. The molecule has 3 heterocycles. The molecule has 2 aromatic heterocycles. The summed E-state index contributed by atoms with van der Waals surface area (Å²) in [5.41, 5.74) is 1.70. The lowest BCUT2D eigenvalue weighted by molar-refractivity contribution is 0.414. The minimum Gasteiger partial charge on any atom is -0.497 e. The molecule has 148 valence electrons. The van der Waals surface area contributed by atoms with E-state index in [2.05, 4.69) is 16.5 Å². The number of methoxy groups -OCH3 is 1. The van der Waals surface area contributed by atoms with Crippen molar-refractivity contribution in [2.45, 2.75) is 37.1 Å². The molecule has 0 amide bonds. The topological polar surface area (TPSA) is 77.3 Å². The number of hydrogen-bond acceptors (Lipinski definition) is 5. The Bertz CT molecular complexity index is 1080. The van der Waals surface area contributed by atoms with Gasteiger partial charge in [-0.2, -0.15) is 4.31 Å². The van der Waals surface area contributed by atoms with Gasteiger partial charge in [0.2, 0.25) is 10.0 Å². The average molecular weight is 401 g/mol. The van der Waals surface area contributed by atoms with Crippen LogP contribution >= 0.6 is 0 Å². The predicted octanol–water partition coefficient (Wildman–Crippen LogP) is 3.03. The zero-order valence-electron chi connectivity index (χ0n) is 16.1. The molecule has 7 nitrogen and oxygen atoms in total. The highest BCUT2D eigenvalue weighted by atomic mass is 32.2. The smallest absolute Gasteiger partial charge is 0.243 e.